The lowest BCUT2D eigenvalue weighted by Gasteiger charge is -2.28. The van der Waals surface area contributed by atoms with Gasteiger partial charge in [-0.2, -0.15) is 0 Å². The molecule has 5 heteroatoms. The molecule has 2 aromatic rings. The molecule has 2 heterocycles. The van der Waals surface area contributed by atoms with E-state index < -0.39 is 0 Å². The van der Waals surface area contributed by atoms with Gasteiger partial charge in [0.15, 0.2) is 0 Å². The summed E-state index contributed by atoms with van der Waals surface area (Å²) in [6, 6.07) is 12.6. The lowest BCUT2D eigenvalue weighted by molar-refractivity contribution is -0.127. The number of hydrogen-bond donors (Lipinski definition) is 0. The molecule has 1 amide bonds. The van der Waals surface area contributed by atoms with E-state index in [4.69, 9.17) is 16.6 Å². The van der Waals surface area contributed by atoms with Crippen molar-refractivity contribution in [2.75, 3.05) is 0 Å². The van der Waals surface area contributed by atoms with Crippen LogP contribution >= 0.6 is 24.0 Å². The number of aryl methyl sites for hydroxylation is 1. The second kappa shape index (κ2) is 11.5. The van der Waals surface area contributed by atoms with Gasteiger partial charge in [-0.1, -0.05) is 112 Å². The van der Waals surface area contributed by atoms with Gasteiger partial charge in [-0.15, -0.1) is 0 Å². The Morgan fingerprint density at radius 3 is 2.12 bits per heavy atom. The van der Waals surface area contributed by atoms with Gasteiger partial charge in [0.1, 0.15) is 15.8 Å². The van der Waals surface area contributed by atoms with Crippen LogP contribution in [0.1, 0.15) is 82.0 Å². The summed E-state index contributed by atoms with van der Waals surface area (Å²) in [4.78, 5) is 15.4. The van der Waals surface area contributed by atoms with Crippen LogP contribution < -0.4 is 0 Å². The predicted molar refractivity (Wildman–Crippen MR) is 138 cm³/mol. The standard InChI is InChI=1S/C27H35NO2S2/c1-20-13-15-21(16-14-20)24-18-17-23(30-24)19-25-26(29)28(27(31)32-25)22-11-9-7-5-3-2-4-6-8-10-12-22/h13-18,22,25H,2-12,19H2,1H3. The molecule has 1 saturated carbocycles. The van der Waals surface area contributed by atoms with Crippen LogP contribution in [-0.2, 0) is 11.2 Å². The topological polar surface area (TPSA) is 33.5 Å². The number of thioether (sulfide) groups is 1. The van der Waals surface area contributed by atoms with Gasteiger partial charge in [0.05, 0.1) is 5.25 Å². The highest BCUT2D eigenvalue weighted by atomic mass is 32.2. The van der Waals surface area contributed by atoms with Crippen LogP contribution in [0.25, 0.3) is 11.3 Å². The summed E-state index contributed by atoms with van der Waals surface area (Å²) in [7, 11) is 0. The molecule has 1 aromatic heterocycles. The quantitative estimate of drug-likeness (QED) is 0.430. The van der Waals surface area contributed by atoms with Crippen LogP contribution in [0.5, 0.6) is 0 Å². The average Bonchev–Trinajstić information content (AvgIpc) is 3.34. The minimum atomic E-state index is -0.166. The number of carbonyl (C=O) groups is 1. The fraction of sp³-hybridized carbons (Fsp3) is 0.556. The van der Waals surface area contributed by atoms with Crippen LogP contribution in [0.3, 0.4) is 0 Å². The van der Waals surface area contributed by atoms with E-state index in [0.29, 0.717) is 6.42 Å². The molecule has 32 heavy (non-hydrogen) atoms. The second-order valence-corrected chi connectivity index (χ2v) is 11.2. The molecule has 0 spiro atoms. The van der Waals surface area contributed by atoms with E-state index in [9.17, 15) is 4.79 Å². The van der Waals surface area contributed by atoms with Gasteiger partial charge >= 0.3 is 0 Å². The van der Waals surface area contributed by atoms with E-state index in [-0.39, 0.29) is 17.2 Å². The molecule has 1 aromatic carbocycles. The van der Waals surface area contributed by atoms with Gasteiger partial charge in [0.25, 0.3) is 0 Å². The van der Waals surface area contributed by atoms with Gasteiger partial charge in [-0.3, -0.25) is 9.69 Å². The molecule has 0 N–H and O–H groups in total. The molecule has 0 bridgehead atoms. The Hall–Kier alpha value is -1.59. The molecule has 1 atom stereocenters. The zero-order chi connectivity index (χ0) is 22.3. The molecule has 3 nitrogen and oxygen atoms in total. The summed E-state index contributed by atoms with van der Waals surface area (Å²) < 4.78 is 6.87. The number of amides is 1. The maximum Gasteiger partial charge on any atom is 0.242 e. The first-order chi connectivity index (χ1) is 15.6. The highest BCUT2D eigenvalue weighted by Gasteiger charge is 2.40. The number of thiocarbonyl (C=S) groups is 1. The third kappa shape index (κ3) is 6.05. The molecular weight excluding hydrogens is 434 g/mol. The molecule has 0 radical (unpaired) electrons. The molecular formula is C27H35NO2S2. The fourth-order valence-electron chi connectivity index (χ4n) is 4.88. The van der Waals surface area contributed by atoms with E-state index >= 15 is 0 Å². The molecule has 2 fully saturated rings. The number of furan rings is 1. The molecule has 1 saturated heterocycles. The largest absolute Gasteiger partial charge is 0.461 e. The Morgan fingerprint density at radius 2 is 1.50 bits per heavy atom. The van der Waals surface area contributed by atoms with E-state index in [2.05, 4.69) is 31.2 Å². The lowest BCUT2D eigenvalue weighted by Crippen LogP contribution is -2.41. The molecule has 1 unspecified atom stereocenters. The Bertz CT molecular complexity index is 893. The van der Waals surface area contributed by atoms with Gasteiger partial charge in [0.2, 0.25) is 5.91 Å². The summed E-state index contributed by atoms with van der Waals surface area (Å²) in [5.41, 5.74) is 2.30. The minimum absolute atomic E-state index is 0.166. The maximum absolute atomic E-state index is 13.4. The van der Waals surface area contributed by atoms with Gasteiger partial charge in [-0.25, -0.2) is 0 Å². The zero-order valence-electron chi connectivity index (χ0n) is 19.2. The number of carbonyl (C=O) groups excluding carboxylic acids is 1. The van der Waals surface area contributed by atoms with Crippen LogP contribution in [0.15, 0.2) is 40.8 Å². The Labute approximate surface area is 202 Å². The SMILES string of the molecule is Cc1ccc(-c2ccc(CC3SC(=S)N(C4CCCCCCCCCCC4)C3=O)o2)cc1. The molecule has 4 rings (SSSR count). The first-order valence-electron chi connectivity index (χ1n) is 12.3. The Morgan fingerprint density at radius 1 is 0.906 bits per heavy atom. The van der Waals surface area contributed by atoms with Crippen LogP contribution in [0.4, 0.5) is 0 Å². The Balaban J connectivity index is 1.39. The number of benzene rings is 1. The van der Waals surface area contributed by atoms with E-state index in [1.165, 1.54) is 63.4 Å². The van der Waals surface area contributed by atoms with Crippen LogP contribution in [0, 0.1) is 6.92 Å². The van der Waals surface area contributed by atoms with Crippen molar-refractivity contribution in [3.8, 4) is 11.3 Å². The van der Waals surface area contributed by atoms with Crippen molar-refractivity contribution in [1.82, 2.24) is 4.90 Å². The third-order valence-electron chi connectivity index (χ3n) is 6.78. The van der Waals surface area contributed by atoms with Crippen LogP contribution in [0.2, 0.25) is 0 Å². The van der Waals surface area contributed by atoms with Gasteiger partial charge in [0, 0.05) is 18.0 Å². The summed E-state index contributed by atoms with van der Waals surface area (Å²) in [6.07, 6.45) is 14.5. The van der Waals surface area contributed by atoms with Crippen molar-refractivity contribution >= 4 is 34.2 Å². The normalized spacial score (nSPS) is 22.0. The Kier molecular flexibility index (Phi) is 8.48. The first kappa shape index (κ1) is 23.6. The smallest absolute Gasteiger partial charge is 0.242 e. The summed E-state index contributed by atoms with van der Waals surface area (Å²) in [6.45, 7) is 2.08. The highest BCUT2D eigenvalue weighted by Crippen LogP contribution is 2.35. The van der Waals surface area contributed by atoms with E-state index in [0.717, 1.165) is 34.2 Å². The maximum atomic E-state index is 13.4. The number of rotatable bonds is 4. The van der Waals surface area contributed by atoms with Crippen LogP contribution in [-0.4, -0.2) is 26.4 Å². The summed E-state index contributed by atoms with van der Waals surface area (Å²) >= 11 is 7.26. The van der Waals surface area contributed by atoms with Crippen molar-refractivity contribution in [2.24, 2.45) is 0 Å². The van der Waals surface area contributed by atoms with Crippen molar-refractivity contribution < 1.29 is 9.21 Å². The van der Waals surface area contributed by atoms with E-state index in [1.807, 2.05) is 17.0 Å². The second-order valence-electron chi connectivity index (χ2n) is 9.33. The monoisotopic (exact) mass is 469 g/mol. The minimum Gasteiger partial charge on any atom is -0.461 e. The molecule has 1 aliphatic heterocycles. The third-order valence-corrected chi connectivity index (χ3v) is 8.31. The fourth-order valence-corrected chi connectivity index (χ4v) is 6.52. The summed E-state index contributed by atoms with van der Waals surface area (Å²) in [5, 5.41) is -0.166. The van der Waals surface area contributed by atoms with Crippen molar-refractivity contribution in [3.05, 3.63) is 47.7 Å². The highest BCUT2D eigenvalue weighted by molar-refractivity contribution is 8.24. The van der Waals surface area contributed by atoms with Gasteiger partial charge < -0.3 is 4.42 Å². The number of nitrogens with zero attached hydrogens (tertiary/aromatic N) is 1. The molecule has 2 aliphatic rings. The zero-order valence-corrected chi connectivity index (χ0v) is 20.8. The first-order valence-corrected chi connectivity index (χ1v) is 13.6. The average molecular weight is 470 g/mol. The number of hydrogen-bond acceptors (Lipinski definition) is 4. The summed E-state index contributed by atoms with van der Waals surface area (Å²) in [5.74, 6) is 1.90. The lowest BCUT2D eigenvalue weighted by atomic mass is 9.97. The van der Waals surface area contributed by atoms with Crippen molar-refractivity contribution in [1.29, 1.82) is 0 Å². The van der Waals surface area contributed by atoms with Gasteiger partial charge in [-0.05, 0) is 31.9 Å². The predicted octanol–water partition coefficient (Wildman–Crippen LogP) is 7.70. The van der Waals surface area contributed by atoms with Crippen molar-refractivity contribution in [3.63, 3.8) is 0 Å². The van der Waals surface area contributed by atoms with Crippen molar-refractivity contribution in [2.45, 2.75) is 95.3 Å². The molecule has 172 valence electrons. The van der Waals surface area contributed by atoms with E-state index in [1.54, 1.807) is 11.8 Å². The molecule has 1 aliphatic carbocycles.